The predicted molar refractivity (Wildman–Crippen MR) is 74.0 cm³/mol. The van der Waals surface area contributed by atoms with Gasteiger partial charge in [0.15, 0.2) is 0 Å². The third kappa shape index (κ3) is 3.49. The Bertz CT molecular complexity index is 500. The molecule has 5 nitrogen and oxygen atoms in total. The van der Waals surface area contributed by atoms with Gasteiger partial charge in [-0.2, -0.15) is 0 Å². The van der Waals surface area contributed by atoms with Crippen molar-refractivity contribution in [3.63, 3.8) is 0 Å². The summed E-state index contributed by atoms with van der Waals surface area (Å²) in [7, 11) is 0. The number of hydrogen-bond donors (Lipinski definition) is 1. The largest absolute Gasteiger partial charge is 0.480 e. The average Bonchev–Trinajstić information content (AvgIpc) is 2.45. The van der Waals surface area contributed by atoms with Gasteiger partial charge in [0.05, 0.1) is 10.6 Å². The number of hydrogen-bond acceptors (Lipinski definition) is 3. The number of carboxylic acid groups (broad SMARTS) is 1. The number of nitrogens with zero attached hydrogens (tertiary/aromatic N) is 1. The van der Waals surface area contributed by atoms with E-state index in [0.717, 1.165) is 0 Å². The van der Waals surface area contributed by atoms with Crippen LogP contribution in [0.3, 0.4) is 0 Å². The first kappa shape index (κ1) is 14.8. The predicted octanol–water partition coefficient (Wildman–Crippen LogP) is 2.05. The van der Waals surface area contributed by atoms with E-state index < -0.39 is 5.97 Å². The van der Waals surface area contributed by atoms with Crippen LogP contribution < -0.4 is 0 Å². The summed E-state index contributed by atoms with van der Waals surface area (Å²) in [6.07, 6.45) is 1.28. The molecule has 0 radical (unpaired) electrons. The summed E-state index contributed by atoms with van der Waals surface area (Å²) in [6, 6.07) is 6.55. The molecule has 1 fully saturated rings. The number of carbonyl (C=O) groups is 2. The minimum Gasteiger partial charge on any atom is -0.480 e. The van der Waals surface area contributed by atoms with Crippen molar-refractivity contribution in [3.8, 4) is 0 Å². The van der Waals surface area contributed by atoms with E-state index in [1.54, 1.807) is 24.3 Å². The van der Waals surface area contributed by atoms with Gasteiger partial charge in [-0.3, -0.25) is 9.59 Å². The quantitative estimate of drug-likeness (QED) is 0.923. The molecule has 1 heterocycles. The van der Waals surface area contributed by atoms with E-state index >= 15 is 0 Å². The van der Waals surface area contributed by atoms with Gasteiger partial charge in [-0.05, 0) is 25.0 Å². The van der Waals surface area contributed by atoms with Crippen LogP contribution in [0.15, 0.2) is 24.3 Å². The number of aliphatic carboxylic acids is 1. The number of carboxylic acids is 1. The number of amides is 1. The normalized spacial score (nSPS) is 15.8. The van der Waals surface area contributed by atoms with Gasteiger partial charge in [-0.15, -0.1) is 0 Å². The average molecular weight is 298 g/mol. The molecule has 0 atom stereocenters. The zero-order valence-electron chi connectivity index (χ0n) is 10.9. The van der Waals surface area contributed by atoms with E-state index in [4.69, 9.17) is 21.4 Å². The lowest BCUT2D eigenvalue weighted by Gasteiger charge is -2.33. The Hall–Kier alpha value is -1.59. The number of carbonyl (C=O) groups excluding carboxylic acids is 1. The number of halogens is 1. The van der Waals surface area contributed by atoms with Crippen molar-refractivity contribution in [1.82, 2.24) is 4.90 Å². The van der Waals surface area contributed by atoms with Gasteiger partial charge in [0.2, 0.25) is 0 Å². The highest BCUT2D eigenvalue weighted by Crippen LogP contribution is 2.21. The third-order valence-electron chi connectivity index (χ3n) is 3.30. The van der Waals surface area contributed by atoms with E-state index in [1.807, 2.05) is 0 Å². The van der Waals surface area contributed by atoms with Gasteiger partial charge in [-0.1, -0.05) is 23.7 Å². The zero-order chi connectivity index (χ0) is 14.5. The molecule has 1 aliphatic rings. The molecule has 108 valence electrons. The van der Waals surface area contributed by atoms with Crippen molar-refractivity contribution in [3.05, 3.63) is 34.9 Å². The Labute approximate surface area is 122 Å². The van der Waals surface area contributed by atoms with Gasteiger partial charge in [-0.25, -0.2) is 0 Å². The molecule has 1 aromatic carbocycles. The van der Waals surface area contributed by atoms with Crippen molar-refractivity contribution in [2.45, 2.75) is 18.9 Å². The highest BCUT2D eigenvalue weighted by Gasteiger charge is 2.29. The fraction of sp³-hybridized carbons (Fsp3) is 0.429. The second kappa shape index (κ2) is 6.72. The summed E-state index contributed by atoms with van der Waals surface area (Å²) in [5, 5.41) is 9.35. The minimum absolute atomic E-state index is 0.122. The smallest absolute Gasteiger partial charge is 0.323 e. The first-order valence-electron chi connectivity index (χ1n) is 6.44. The molecule has 0 aromatic heterocycles. The number of benzene rings is 1. The monoisotopic (exact) mass is 297 g/mol. The van der Waals surface area contributed by atoms with E-state index in [2.05, 4.69) is 0 Å². The second-order valence-electron chi connectivity index (χ2n) is 4.65. The Kier molecular flexibility index (Phi) is 4.98. The summed E-state index contributed by atoms with van der Waals surface area (Å²) < 4.78 is 5.25. The Morgan fingerprint density at radius 3 is 2.55 bits per heavy atom. The molecule has 6 heteroatoms. The van der Waals surface area contributed by atoms with E-state index in [9.17, 15) is 9.59 Å². The highest BCUT2D eigenvalue weighted by molar-refractivity contribution is 6.33. The maximum Gasteiger partial charge on any atom is 0.323 e. The molecular formula is C14H16ClNO4. The molecule has 0 unspecified atom stereocenters. The molecule has 0 bridgehead atoms. The zero-order valence-corrected chi connectivity index (χ0v) is 11.7. The molecule has 1 aliphatic heterocycles. The van der Waals surface area contributed by atoms with Crippen LogP contribution in [-0.4, -0.2) is 47.7 Å². The van der Waals surface area contributed by atoms with Crippen LogP contribution in [0.2, 0.25) is 5.02 Å². The van der Waals surface area contributed by atoms with Gasteiger partial charge < -0.3 is 14.7 Å². The van der Waals surface area contributed by atoms with Crippen molar-refractivity contribution in [1.29, 1.82) is 0 Å². The van der Waals surface area contributed by atoms with Gasteiger partial charge in [0.1, 0.15) is 6.54 Å². The first-order chi connectivity index (χ1) is 9.59. The molecule has 0 aliphatic carbocycles. The summed E-state index contributed by atoms with van der Waals surface area (Å²) in [6.45, 7) is 0.752. The highest BCUT2D eigenvalue weighted by atomic mass is 35.5. The van der Waals surface area contributed by atoms with Crippen LogP contribution >= 0.6 is 11.6 Å². The van der Waals surface area contributed by atoms with Crippen LogP contribution in [-0.2, 0) is 9.53 Å². The Morgan fingerprint density at radius 2 is 1.95 bits per heavy atom. The maximum absolute atomic E-state index is 12.5. The maximum atomic E-state index is 12.5. The summed E-state index contributed by atoms with van der Waals surface area (Å²) in [5.74, 6) is -1.37. The van der Waals surface area contributed by atoms with Gasteiger partial charge in [0.25, 0.3) is 5.91 Å². The van der Waals surface area contributed by atoms with Crippen molar-refractivity contribution < 1.29 is 19.4 Å². The Morgan fingerprint density at radius 1 is 1.30 bits per heavy atom. The topological polar surface area (TPSA) is 66.8 Å². The van der Waals surface area contributed by atoms with Crippen molar-refractivity contribution in [2.24, 2.45) is 0 Å². The van der Waals surface area contributed by atoms with Crippen LogP contribution in [0, 0.1) is 0 Å². The molecule has 1 saturated heterocycles. The van der Waals surface area contributed by atoms with Gasteiger partial charge in [0, 0.05) is 19.3 Å². The standard InChI is InChI=1S/C14H16ClNO4/c15-12-4-2-1-3-11(12)14(19)16(9-13(17)18)10-5-7-20-8-6-10/h1-4,10H,5-9H2,(H,17,18). The van der Waals surface area contributed by atoms with Crippen molar-refractivity contribution >= 4 is 23.5 Å². The van der Waals surface area contributed by atoms with E-state index in [-0.39, 0.29) is 18.5 Å². The molecular weight excluding hydrogens is 282 g/mol. The van der Waals surface area contributed by atoms with Gasteiger partial charge >= 0.3 is 5.97 Å². The molecule has 1 N–H and O–H groups in total. The lowest BCUT2D eigenvalue weighted by molar-refractivity contribution is -0.138. The fourth-order valence-electron chi connectivity index (χ4n) is 2.30. The van der Waals surface area contributed by atoms with Crippen LogP contribution in [0.1, 0.15) is 23.2 Å². The molecule has 0 spiro atoms. The van der Waals surface area contributed by atoms with E-state index in [1.165, 1.54) is 4.90 Å². The molecule has 2 rings (SSSR count). The molecule has 0 saturated carbocycles. The van der Waals surface area contributed by atoms with Crippen LogP contribution in [0.4, 0.5) is 0 Å². The lowest BCUT2D eigenvalue weighted by atomic mass is 10.1. The molecule has 1 aromatic rings. The molecule has 1 amide bonds. The van der Waals surface area contributed by atoms with E-state index in [0.29, 0.717) is 36.6 Å². The Balaban J connectivity index is 2.23. The molecule has 20 heavy (non-hydrogen) atoms. The summed E-state index contributed by atoms with van der Waals surface area (Å²) in [4.78, 5) is 24.9. The van der Waals surface area contributed by atoms with Crippen LogP contribution in [0.25, 0.3) is 0 Å². The first-order valence-corrected chi connectivity index (χ1v) is 6.82. The third-order valence-corrected chi connectivity index (χ3v) is 3.63. The van der Waals surface area contributed by atoms with Crippen molar-refractivity contribution in [2.75, 3.05) is 19.8 Å². The minimum atomic E-state index is -1.03. The number of rotatable bonds is 4. The SMILES string of the molecule is O=C(O)CN(C(=O)c1ccccc1Cl)C1CCOCC1. The summed E-state index contributed by atoms with van der Waals surface area (Å²) in [5.41, 5.74) is 0.335. The number of ether oxygens (including phenoxy) is 1. The summed E-state index contributed by atoms with van der Waals surface area (Å²) >= 11 is 6.02. The second-order valence-corrected chi connectivity index (χ2v) is 5.06. The van der Waals surface area contributed by atoms with Crippen LogP contribution in [0.5, 0.6) is 0 Å². The lowest BCUT2D eigenvalue weighted by Crippen LogP contribution is -2.46. The fourth-order valence-corrected chi connectivity index (χ4v) is 2.52.